The molecule has 8 nitrogen and oxygen atoms in total. The van der Waals surface area contributed by atoms with E-state index in [1.54, 1.807) is 11.3 Å². The number of piperidine rings is 1. The maximum absolute atomic E-state index is 12.5. The number of nitrogens with zero attached hydrogens (tertiary/aromatic N) is 3. The highest BCUT2D eigenvalue weighted by Crippen LogP contribution is 2.22. The van der Waals surface area contributed by atoms with Crippen LogP contribution in [0.4, 0.5) is 4.79 Å². The van der Waals surface area contributed by atoms with Gasteiger partial charge in [0.05, 0.1) is 4.88 Å². The van der Waals surface area contributed by atoms with Crippen LogP contribution < -0.4 is 10.6 Å². The highest BCUT2D eigenvalue weighted by atomic mass is 32.1. The molecule has 31 heavy (non-hydrogen) atoms. The molecule has 168 valence electrons. The molecule has 0 atom stereocenters. The largest absolute Gasteiger partial charge is 0.343 e. The molecule has 0 aromatic carbocycles. The molecule has 1 saturated heterocycles. The molecule has 3 amide bonds. The van der Waals surface area contributed by atoms with E-state index in [9.17, 15) is 9.59 Å². The zero-order valence-corrected chi connectivity index (χ0v) is 18.7. The first-order valence-electron chi connectivity index (χ1n) is 11.4. The Kier molecular flexibility index (Phi) is 7.56. The summed E-state index contributed by atoms with van der Waals surface area (Å²) in [7, 11) is 0. The summed E-state index contributed by atoms with van der Waals surface area (Å²) in [6, 6.07) is 4.31. The standard InChI is InChI=1S/C22H31N5O3S/c28-20(10-4-9-19-25-21(26-30-19)18-8-5-15-31-18)27-13-11-17(12-14-27)24-22(29)23-16-6-2-1-3-7-16/h5,8,15-17H,1-4,6-7,9-14H2,(H2,23,24,29). The van der Waals surface area contributed by atoms with Crippen LogP contribution in [0.5, 0.6) is 0 Å². The Morgan fingerprint density at radius 3 is 2.55 bits per heavy atom. The van der Waals surface area contributed by atoms with E-state index in [1.807, 2.05) is 22.4 Å². The average molecular weight is 446 g/mol. The molecule has 9 heteroatoms. The Balaban J connectivity index is 1.12. The van der Waals surface area contributed by atoms with Gasteiger partial charge < -0.3 is 20.1 Å². The maximum atomic E-state index is 12.5. The lowest BCUT2D eigenvalue weighted by molar-refractivity contribution is -0.132. The van der Waals surface area contributed by atoms with Crippen molar-refractivity contribution in [3.8, 4) is 10.7 Å². The molecule has 1 saturated carbocycles. The first-order chi connectivity index (χ1) is 15.2. The monoisotopic (exact) mass is 445 g/mol. The average Bonchev–Trinajstić information content (AvgIpc) is 3.47. The summed E-state index contributed by atoms with van der Waals surface area (Å²) in [5.41, 5.74) is 0. The van der Waals surface area contributed by atoms with Crippen LogP contribution in [-0.4, -0.2) is 52.2 Å². The van der Waals surface area contributed by atoms with Crippen LogP contribution in [-0.2, 0) is 11.2 Å². The number of likely N-dealkylation sites (tertiary alicyclic amines) is 1. The van der Waals surface area contributed by atoms with Crippen molar-refractivity contribution in [2.75, 3.05) is 13.1 Å². The van der Waals surface area contributed by atoms with E-state index in [0.29, 0.717) is 50.1 Å². The number of carbonyl (C=O) groups is 2. The molecule has 2 aromatic rings. The van der Waals surface area contributed by atoms with Crippen molar-refractivity contribution in [2.45, 2.75) is 76.3 Å². The predicted molar refractivity (Wildman–Crippen MR) is 119 cm³/mol. The molecule has 1 aliphatic carbocycles. The number of thiophene rings is 1. The molecular formula is C22H31N5O3S. The van der Waals surface area contributed by atoms with E-state index in [-0.39, 0.29) is 18.0 Å². The molecule has 0 unspecified atom stereocenters. The highest BCUT2D eigenvalue weighted by molar-refractivity contribution is 7.13. The fourth-order valence-electron chi connectivity index (χ4n) is 4.34. The van der Waals surface area contributed by atoms with Gasteiger partial charge in [0.2, 0.25) is 17.6 Å². The van der Waals surface area contributed by atoms with Gasteiger partial charge in [-0.05, 0) is 43.6 Å². The zero-order chi connectivity index (χ0) is 21.5. The van der Waals surface area contributed by atoms with Gasteiger partial charge in [-0.2, -0.15) is 4.98 Å². The molecule has 2 fully saturated rings. The lowest BCUT2D eigenvalue weighted by Crippen LogP contribution is -2.51. The highest BCUT2D eigenvalue weighted by Gasteiger charge is 2.24. The van der Waals surface area contributed by atoms with Crippen molar-refractivity contribution in [3.05, 3.63) is 23.4 Å². The molecule has 2 aromatic heterocycles. The first kappa shape index (κ1) is 21.8. The number of carbonyl (C=O) groups excluding carboxylic acids is 2. The predicted octanol–water partition coefficient (Wildman–Crippen LogP) is 3.74. The third kappa shape index (κ3) is 6.29. The van der Waals surface area contributed by atoms with Gasteiger partial charge in [0, 0.05) is 38.0 Å². The zero-order valence-electron chi connectivity index (χ0n) is 17.8. The minimum absolute atomic E-state index is 0.0573. The minimum Gasteiger partial charge on any atom is -0.343 e. The fraction of sp³-hybridized carbons (Fsp3) is 0.636. The topological polar surface area (TPSA) is 100 Å². The smallest absolute Gasteiger partial charge is 0.315 e. The maximum Gasteiger partial charge on any atom is 0.315 e. The Bertz CT molecular complexity index is 839. The second-order valence-electron chi connectivity index (χ2n) is 8.45. The number of aromatic nitrogens is 2. The fourth-order valence-corrected chi connectivity index (χ4v) is 4.99. The Morgan fingerprint density at radius 2 is 1.84 bits per heavy atom. The lowest BCUT2D eigenvalue weighted by Gasteiger charge is -2.33. The van der Waals surface area contributed by atoms with Crippen molar-refractivity contribution in [3.63, 3.8) is 0 Å². The minimum atomic E-state index is -0.0573. The molecule has 0 radical (unpaired) electrons. The van der Waals surface area contributed by atoms with E-state index in [2.05, 4.69) is 20.8 Å². The number of nitrogens with one attached hydrogen (secondary N) is 2. The van der Waals surface area contributed by atoms with Crippen molar-refractivity contribution in [1.82, 2.24) is 25.7 Å². The molecular weight excluding hydrogens is 414 g/mol. The number of hydrogen-bond donors (Lipinski definition) is 2. The number of hydrogen-bond acceptors (Lipinski definition) is 6. The van der Waals surface area contributed by atoms with Gasteiger partial charge in [-0.3, -0.25) is 4.79 Å². The summed E-state index contributed by atoms with van der Waals surface area (Å²) >= 11 is 1.57. The van der Waals surface area contributed by atoms with Gasteiger partial charge in [0.15, 0.2) is 0 Å². The molecule has 0 spiro atoms. The normalized spacial score (nSPS) is 18.1. The van der Waals surface area contributed by atoms with E-state index in [1.165, 1.54) is 19.3 Å². The number of rotatable bonds is 7. The second-order valence-corrected chi connectivity index (χ2v) is 9.40. The van der Waals surface area contributed by atoms with Gasteiger partial charge in [-0.15, -0.1) is 11.3 Å². The van der Waals surface area contributed by atoms with E-state index < -0.39 is 0 Å². The summed E-state index contributed by atoms with van der Waals surface area (Å²) in [5, 5.41) is 12.2. The molecule has 3 heterocycles. The van der Waals surface area contributed by atoms with Crippen molar-refractivity contribution < 1.29 is 14.1 Å². The van der Waals surface area contributed by atoms with Gasteiger partial charge in [-0.1, -0.05) is 30.5 Å². The van der Waals surface area contributed by atoms with Crippen LogP contribution in [0.1, 0.15) is 63.7 Å². The third-order valence-corrected chi connectivity index (χ3v) is 6.98. The number of amides is 3. The van der Waals surface area contributed by atoms with Crippen molar-refractivity contribution in [1.29, 1.82) is 0 Å². The summed E-state index contributed by atoms with van der Waals surface area (Å²) in [4.78, 5) is 32.0. The summed E-state index contributed by atoms with van der Waals surface area (Å²) < 4.78 is 5.30. The van der Waals surface area contributed by atoms with E-state index >= 15 is 0 Å². The first-order valence-corrected chi connectivity index (χ1v) is 12.3. The van der Waals surface area contributed by atoms with E-state index in [0.717, 1.165) is 30.6 Å². The molecule has 1 aliphatic heterocycles. The quantitative estimate of drug-likeness (QED) is 0.676. The third-order valence-electron chi connectivity index (χ3n) is 6.11. The summed E-state index contributed by atoms with van der Waals surface area (Å²) in [6.07, 6.45) is 9.21. The van der Waals surface area contributed by atoms with Gasteiger partial charge in [-0.25, -0.2) is 4.79 Å². The van der Waals surface area contributed by atoms with Crippen LogP contribution in [0.15, 0.2) is 22.0 Å². The SMILES string of the molecule is O=C(NC1CCCCC1)NC1CCN(C(=O)CCCc2nc(-c3cccs3)no2)CC1. The molecule has 2 N–H and O–H groups in total. The lowest BCUT2D eigenvalue weighted by atomic mass is 9.96. The van der Waals surface area contributed by atoms with Crippen LogP contribution >= 0.6 is 11.3 Å². The molecule has 0 bridgehead atoms. The van der Waals surface area contributed by atoms with E-state index in [4.69, 9.17) is 4.52 Å². The van der Waals surface area contributed by atoms with Crippen LogP contribution in [0.25, 0.3) is 10.7 Å². The van der Waals surface area contributed by atoms with Crippen LogP contribution in [0.3, 0.4) is 0 Å². The Morgan fingerprint density at radius 1 is 1.10 bits per heavy atom. The summed E-state index contributed by atoms with van der Waals surface area (Å²) in [6.45, 7) is 1.38. The number of urea groups is 1. The molecule has 2 aliphatic rings. The van der Waals surface area contributed by atoms with Gasteiger partial charge >= 0.3 is 6.03 Å². The Hall–Kier alpha value is -2.42. The second kappa shape index (κ2) is 10.7. The Labute approximate surface area is 186 Å². The van der Waals surface area contributed by atoms with Crippen molar-refractivity contribution >= 4 is 23.3 Å². The van der Waals surface area contributed by atoms with Gasteiger partial charge in [0.25, 0.3) is 0 Å². The van der Waals surface area contributed by atoms with Crippen LogP contribution in [0, 0.1) is 0 Å². The number of aryl methyl sites for hydroxylation is 1. The molecule has 4 rings (SSSR count). The van der Waals surface area contributed by atoms with Gasteiger partial charge in [0.1, 0.15) is 0 Å². The van der Waals surface area contributed by atoms with Crippen molar-refractivity contribution in [2.24, 2.45) is 0 Å². The summed E-state index contributed by atoms with van der Waals surface area (Å²) in [5.74, 6) is 1.34. The van der Waals surface area contributed by atoms with Crippen LogP contribution in [0.2, 0.25) is 0 Å².